The van der Waals surface area contributed by atoms with Crippen LogP contribution in [0.5, 0.6) is 0 Å². The number of hydrogen-bond acceptors (Lipinski definition) is 4. The average molecular weight is 359 g/mol. The predicted molar refractivity (Wildman–Crippen MR) is 107 cm³/mol. The third kappa shape index (κ3) is 3.73. The highest BCUT2D eigenvalue weighted by Gasteiger charge is 2.51. The van der Waals surface area contributed by atoms with Crippen LogP contribution in [0.3, 0.4) is 0 Å². The number of aryl methyl sites for hydroxylation is 1. The lowest BCUT2D eigenvalue weighted by Gasteiger charge is -2.44. The molecule has 0 amide bonds. The maximum atomic E-state index is 6.27. The lowest BCUT2D eigenvalue weighted by atomic mass is 9.76. The third-order valence-electron chi connectivity index (χ3n) is 6.02. The molecule has 1 aromatic rings. The van der Waals surface area contributed by atoms with E-state index in [4.69, 9.17) is 14.0 Å². The molecule has 1 atom stereocenters. The van der Waals surface area contributed by atoms with Crippen LogP contribution >= 0.6 is 0 Å². The summed E-state index contributed by atoms with van der Waals surface area (Å²) in [6.45, 7) is 19.8. The van der Waals surface area contributed by atoms with Gasteiger partial charge in [0.1, 0.15) is 0 Å². The summed E-state index contributed by atoms with van der Waals surface area (Å²) in [5, 5.41) is 0. The van der Waals surface area contributed by atoms with Gasteiger partial charge in [-0.3, -0.25) is 4.90 Å². The van der Waals surface area contributed by atoms with Crippen molar-refractivity contribution in [2.75, 3.05) is 19.8 Å². The van der Waals surface area contributed by atoms with Crippen molar-refractivity contribution >= 4 is 12.6 Å². The molecule has 1 aromatic carbocycles. The van der Waals surface area contributed by atoms with Gasteiger partial charge in [-0.15, -0.1) is 0 Å². The molecule has 2 aliphatic rings. The standard InChI is InChI=1S/C21H34BNO3/c1-15-11-16(18-14-24-10-9-23(18)19(2,3)4)13-17(12-15)22-25-20(5,6)21(7,8)26-22/h11-13,18H,9-10,14H2,1-8H3/t18-/m0/s1. The summed E-state index contributed by atoms with van der Waals surface area (Å²) < 4.78 is 18.4. The topological polar surface area (TPSA) is 30.9 Å². The van der Waals surface area contributed by atoms with Crippen molar-refractivity contribution in [1.82, 2.24) is 4.90 Å². The largest absolute Gasteiger partial charge is 0.494 e. The second-order valence-corrected chi connectivity index (χ2v) is 9.72. The van der Waals surface area contributed by atoms with Crippen molar-refractivity contribution < 1.29 is 14.0 Å². The van der Waals surface area contributed by atoms with Crippen molar-refractivity contribution in [2.45, 2.75) is 78.2 Å². The Hall–Kier alpha value is -0.875. The van der Waals surface area contributed by atoms with E-state index in [-0.39, 0.29) is 29.9 Å². The van der Waals surface area contributed by atoms with Crippen LogP contribution in [0, 0.1) is 6.92 Å². The van der Waals surface area contributed by atoms with Crippen LogP contribution in [0.4, 0.5) is 0 Å². The second kappa shape index (κ2) is 6.63. The second-order valence-electron chi connectivity index (χ2n) is 9.72. The van der Waals surface area contributed by atoms with Crippen LogP contribution in [0.15, 0.2) is 18.2 Å². The molecule has 2 saturated heterocycles. The average Bonchev–Trinajstić information content (AvgIpc) is 2.74. The number of morpholine rings is 1. The third-order valence-corrected chi connectivity index (χ3v) is 6.02. The number of ether oxygens (including phenoxy) is 1. The minimum Gasteiger partial charge on any atom is -0.399 e. The fraction of sp³-hybridized carbons (Fsp3) is 0.714. The molecule has 0 spiro atoms. The molecule has 4 nitrogen and oxygen atoms in total. The van der Waals surface area contributed by atoms with E-state index in [9.17, 15) is 0 Å². The van der Waals surface area contributed by atoms with Crippen molar-refractivity contribution in [3.05, 3.63) is 29.3 Å². The van der Waals surface area contributed by atoms with Gasteiger partial charge in [-0.25, -0.2) is 0 Å². The highest BCUT2D eigenvalue weighted by atomic mass is 16.7. The van der Waals surface area contributed by atoms with Gasteiger partial charge in [-0.05, 0) is 66.4 Å². The molecule has 5 heteroatoms. The monoisotopic (exact) mass is 359 g/mol. The van der Waals surface area contributed by atoms with Gasteiger partial charge in [-0.1, -0.05) is 23.8 Å². The molecule has 0 unspecified atom stereocenters. The summed E-state index contributed by atoms with van der Waals surface area (Å²) in [7, 11) is -0.328. The van der Waals surface area contributed by atoms with Crippen molar-refractivity contribution in [2.24, 2.45) is 0 Å². The van der Waals surface area contributed by atoms with E-state index in [1.807, 2.05) is 0 Å². The molecule has 2 heterocycles. The van der Waals surface area contributed by atoms with Crippen molar-refractivity contribution in [3.63, 3.8) is 0 Å². The van der Waals surface area contributed by atoms with Gasteiger partial charge in [0.05, 0.1) is 30.5 Å². The molecular weight excluding hydrogens is 325 g/mol. The van der Waals surface area contributed by atoms with Gasteiger partial charge in [0.15, 0.2) is 0 Å². The Bertz CT molecular complexity index is 650. The van der Waals surface area contributed by atoms with E-state index < -0.39 is 0 Å². The minimum absolute atomic E-state index is 0.0999. The van der Waals surface area contributed by atoms with Gasteiger partial charge in [0, 0.05) is 12.1 Å². The smallest absolute Gasteiger partial charge is 0.399 e. The lowest BCUT2D eigenvalue weighted by Crippen LogP contribution is -2.50. The molecule has 0 aromatic heterocycles. The number of nitrogens with zero attached hydrogens (tertiary/aromatic N) is 1. The first kappa shape index (κ1) is 19.9. The fourth-order valence-electron chi connectivity index (χ4n) is 3.83. The van der Waals surface area contributed by atoms with E-state index in [1.54, 1.807) is 0 Å². The van der Waals surface area contributed by atoms with Gasteiger partial charge < -0.3 is 14.0 Å². The molecule has 0 bridgehead atoms. The van der Waals surface area contributed by atoms with Crippen LogP contribution in [0.1, 0.15) is 65.6 Å². The number of hydrogen-bond donors (Lipinski definition) is 0. The molecule has 3 rings (SSSR count). The molecule has 0 N–H and O–H groups in total. The Morgan fingerprint density at radius 1 is 1.04 bits per heavy atom. The zero-order valence-corrected chi connectivity index (χ0v) is 17.7. The molecule has 2 aliphatic heterocycles. The van der Waals surface area contributed by atoms with Gasteiger partial charge >= 0.3 is 7.12 Å². The summed E-state index contributed by atoms with van der Waals surface area (Å²) in [5.41, 5.74) is 3.05. The SMILES string of the molecule is Cc1cc(B2OC(C)(C)C(C)(C)O2)cc([C@@H]2COCCN2C(C)(C)C)c1. The first-order valence-corrected chi connectivity index (χ1v) is 9.72. The number of benzene rings is 1. The molecule has 0 aliphatic carbocycles. The summed E-state index contributed by atoms with van der Waals surface area (Å²) >= 11 is 0. The van der Waals surface area contributed by atoms with Crippen LogP contribution in [-0.4, -0.2) is 48.5 Å². The van der Waals surface area contributed by atoms with E-state index in [1.165, 1.54) is 11.1 Å². The molecule has 26 heavy (non-hydrogen) atoms. The fourth-order valence-corrected chi connectivity index (χ4v) is 3.83. The van der Waals surface area contributed by atoms with E-state index in [2.05, 4.69) is 78.5 Å². The first-order valence-electron chi connectivity index (χ1n) is 9.72. The van der Waals surface area contributed by atoms with Crippen LogP contribution < -0.4 is 5.46 Å². The highest BCUT2D eigenvalue weighted by Crippen LogP contribution is 2.37. The summed E-state index contributed by atoms with van der Waals surface area (Å²) in [5.74, 6) is 0. The lowest BCUT2D eigenvalue weighted by molar-refractivity contribution is -0.0506. The van der Waals surface area contributed by atoms with E-state index in [0.29, 0.717) is 0 Å². The minimum atomic E-state index is -0.328. The van der Waals surface area contributed by atoms with Gasteiger partial charge in [0.2, 0.25) is 0 Å². The number of rotatable bonds is 2. The Morgan fingerprint density at radius 2 is 1.65 bits per heavy atom. The summed E-state index contributed by atoms with van der Waals surface area (Å²) in [4.78, 5) is 2.54. The summed E-state index contributed by atoms with van der Waals surface area (Å²) in [6.07, 6.45) is 0. The zero-order valence-electron chi connectivity index (χ0n) is 17.7. The Morgan fingerprint density at radius 3 is 2.23 bits per heavy atom. The van der Waals surface area contributed by atoms with E-state index >= 15 is 0 Å². The predicted octanol–water partition coefficient (Wildman–Crippen LogP) is 3.47. The summed E-state index contributed by atoms with van der Waals surface area (Å²) in [6, 6.07) is 6.95. The molecular formula is C21H34BNO3. The first-order chi connectivity index (χ1) is 11.9. The van der Waals surface area contributed by atoms with Crippen LogP contribution in [0.25, 0.3) is 0 Å². The Balaban J connectivity index is 1.93. The maximum Gasteiger partial charge on any atom is 0.494 e. The van der Waals surface area contributed by atoms with Crippen LogP contribution in [-0.2, 0) is 14.0 Å². The van der Waals surface area contributed by atoms with Crippen molar-refractivity contribution in [3.8, 4) is 0 Å². The van der Waals surface area contributed by atoms with Gasteiger partial charge in [-0.2, -0.15) is 0 Å². The van der Waals surface area contributed by atoms with Crippen molar-refractivity contribution in [1.29, 1.82) is 0 Å². The quantitative estimate of drug-likeness (QED) is 0.757. The van der Waals surface area contributed by atoms with E-state index in [0.717, 1.165) is 25.2 Å². The molecule has 0 radical (unpaired) electrons. The highest BCUT2D eigenvalue weighted by molar-refractivity contribution is 6.62. The Labute approximate surface area is 159 Å². The normalized spacial score (nSPS) is 26.3. The van der Waals surface area contributed by atoms with Crippen LogP contribution in [0.2, 0.25) is 0 Å². The Kier molecular flexibility index (Phi) is 5.07. The van der Waals surface area contributed by atoms with Gasteiger partial charge in [0.25, 0.3) is 0 Å². The molecule has 144 valence electrons. The maximum absolute atomic E-state index is 6.27. The molecule has 0 saturated carbocycles. The zero-order chi connectivity index (χ0) is 19.3. The molecule has 2 fully saturated rings.